The Labute approximate surface area is 205 Å². The maximum atomic E-state index is 13.4. The normalized spacial score (nSPS) is 17.9. The van der Waals surface area contributed by atoms with Crippen molar-refractivity contribution in [3.63, 3.8) is 0 Å². The van der Waals surface area contributed by atoms with Gasteiger partial charge in [0.15, 0.2) is 0 Å². The molecule has 0 spiro atoms. The Morgan fingerprint density at radius 1 is 1.03 bits per heavy atom. The first kappa shape index (κ1) is 21.6. The molecule has 3 heterocycles. The molecule has 3 aromatic carbocycles. The van der Waals surface area contributed by atoms with Crippen LogP contribution in [0.3, 0.4) is 0 Å². The predicted molar refractivity (Wildman–Crippen MR) is 142 cm³/mol. The lowest BCUT2D eigenvalue weighted by Crippen LogP contribution is -2.38. The fourth-order valence-electron chi connectivity index (χ4n) is 5.21. The van der Waals surface area contributed by atoms with Crippen LogP contribution in [0, 0.1) is 0 Å². The van der Waals surface area contributed by atoms with Crippen LogP contribution in [0.1, 0.15) is 36.7 Å². The average Bonchev–Trinajstić information content (AvgIpc) is 3.46. The number of anilines is 2. The van der Waals surface area contributed by atoms with E-state index in [0.29, 0.717) is 17.4 Å². The van der Waals surface area contributed by atoms with Gasteiger partial charge in [0.1, 0.15) is 5.82 Å². The second-order valence-electron chi connectivity index (χ2n) is 9.29. The molecule has 1 fully saturated rings. The molecule has 0 saturated carbocycles. The Kier molecular flexibility index (Phi) is 5.58. The minimum Gasteiger partial charge on any atom is -0.382 e. The van der Waals surface area contributed by atoms with Gasteiger partial charge in [0.2, 0.25) is 0 Å². The lowest BCUT2D eigenvalue weighted by Gasteiger charge is -2.32. The van der Waals surface area contributed by atoms with E-state index in [0.717, 1.165) is 71.6 Å². The molecule has 0 unspecified atom stereocenters. The summed E-state index contributed by atoms with van der Waals surface area (Å²) in [5.74, 6) is 0.591. The quantitative estimate of drug-likeness (QED) is 0.348. The van der Waals surface area contributed by atoms with E-state index in [9.17, 15) is 4.79 Å². The molecule has 0 bridgehead atoms. The number of carbonyl (C=O) groups excluding carboxylic acids is 1. The molecule has 35 heavy (non-hydrogen) atoms. The molecule has 0 atom stereocenters. The third-order valence-electron chi connectivity index (χ3n) is 7.11. The van der Waals surface area contributed by atoms with Crippen molar-refractivity contribution in [3.8, 4) is 0 Å². The molecule has 2 aliphatic rings. The number of nitrogens with zero attached hydrogens (tertiary/aromatic N) is 2. The Morgan fingerprint density at radius 2 is 1.80 bits per heavy atom. The zero-order valence-corrected chi connectivity index (χ0v) is 19.8. The largest absolute Gasteiger partial charge is 0.382 e. The molecular weight excluding hydrogens is 434 g/mol. The lowest BCUT2D eigenvalue weighted by molar-refractivity contribution is -0.110. The number of imidazole rings is 1. The lowest BCUT2D eigenvalue weighted by atomic mass is 9.94. The second kappa shape index (κ2) is 9.04. The third kappa shape index (κ3) is 4.10. The number of likely N-dealkylation sites (tertiary alicyclic amines) is 1. The molecule has 1 aromatic heterocycles. The highest BCUT2D eigenvalue weighted by molar-refractivity contribution is 6.38. The highest BCUT2D eigenvalue weighted by atomic mass is 16.2. The number of H-pyrrole nitrogens is 1. The highest BCUT2D eigenvalue weighted by Gasteiger charge is 2.30. The molecule has 2 aliphatic heterocycles. The van der Waals surface area contributed by atoms with Gasteiger partial charge in [-0.1, -0.05) is 49.4 Å². The number of nitrogens with one attached hydrogen (secondary N) is 3. The van der Waals surface area contributed by atoms with Crippen molar-refractivity contribution < 1.29 is 4.79 Å². The fraction of sp³-hybridized carbons (Fsp3) is 0.241. The van der Waals surface area contributed by atoms with Crippen LogP contribution in [0.4, 0.5) is 11.4 Å². The molecule has 0 radical (unpaired) electrons. The zero-order chi connectivity index (χ0) is 23.8. The first-order valence-corrected chi connectivity index (χ1v) is 12.4. The number of benzene rings is 3. The van der Waals surface area contributed by atoms with Crippen LogP contribution in [0.2, 0.25) is 0 Å². The standard InChI is InChI=1S/C29H29N5O/c1-2-34-16-14-20(15-17-34)30-21-12-13-23-22(18-21)27(29(35)33-23)26(19-8-4-3-5-9-19)28-31-24-10-6-7-11-25(24)32-28/h3-13,18,20,30H,2,14-17H2,1H3,(H,31,32)(H,33,35)/b27-26-. The van der Waals surface area contributed by atoms with Gasteiger partial charge in [-0.2, -0.15) is 0 Å². The van der Waals surface area contributed by atoms with Crippen LogP contribution in [0.5, 0.6) is 0 Å². The summed E-state index contributed by atoms with van der Waals surface area (Å²) in [6.07, 6.45) is 2.25. The van der Waals surface area contributed by atoms with Crippen molar-refractivity contribution in [2.24, 2.45) is 0 Å². The number of fused-ring (bicyclic) bond motifs is 2. The van der Waals surface area contributed by atoms with Crippen molar-refractivity contribution in [2.45, 2.75) is 25.8 Å². The molecule has 6 heteroatoms. The van der Waals surface area contributed by atoms with Crippen molar-refractivity contribution in [1.82, 2.24) is 14.9 Å². The van der Waals surface area contributed by atoms with Crippen molar-refractivity contribution >= 4 is 39.5 Å². The Balaban J connectivity index is 1.44. The number of rotatable bonds is 5. The summed E-state index contributed by atoms with van der Waals surface area (Å²) in [5.41, 5.74) is 7.03. The zero-order valence-electron chi connectivity index (χ0n) is 19.8. The number of aromatic amines is 1. The summed E-state index contributed by atoms with van der Waals surface area (Å²) in [6.45, 7) is 5.57. The van der Waals surface area contributed by atoms with Crippen molar-refractivity contribution in [1.29, 1.82) is 0 Å². The van der Waals surface area contributed by atoms with Gasteiger partial charge in [-0.15, -0.1) is 0 Å². The van der Waals surface area contributed by atoms with Gasteiger partial charge in [-0.05, 0) is 55.3 Å². The van der Waals surface area contributed by atoms with Gasteiger partial charge < -0.3 is 20.5 Å². The summed E-state index contributed by atoms with van der Waals surface area (Å²) in [6, 6.07) is 24.6. The Morgan fingerprint density at radius 3 is 2.57 bits per heavy atom. The van der Waals surface area contributed by atoms with Crippen LogP contribution in [0.15, 0.2) is 72.8 Å². The number of hydrogen-bond donors (Lipinski definition) is 3. The van der Waals surface area contributed by atoms with Crippen LogP contribution in [-0.2, 0) is 4.79 Å². The number of hydrogen-bond acceptors (Lipinski definition) is 4. The SMILES string of the molecule is CCN1CCC(Nc2ccc3c(c2)/C(=C(\c2ccccc2)c2nc4ccccc4[nH]2)C(=O)N3)CC1. The Bertz CT molecular complexity index is 1380. The van der Waals surface area contributed by atoms with E-state index < -0.39 is 0 Å². The maximum absolute atomic E-state index is 13.4. The summed E-state index contributed by atoms with van der Waals surface area (Å²) in [5, 5.41) is 6.79. The molecular formula is C29H29N5O. The van der Waals surface area contributed by atoms with Gasteiger partial charge in [0.25, 0.3) is 5.91 Å². The number of amides is 1. The molecule has 6 nitrogen and oxygen atoms in total. The second-order valence-corrected chi connectivity index (χ2v) is 9.29. The summed E-state index contributed by atoms with van der Waals surface area (Å²) >= 11 is 0. The molecule has 1 saturated heterocycles. The van der Waals surface area contributed by atoms with E-state index in [4.69, 9.17) is 4.98 Å². The first-order chi connectivity index (χ1) is 17.2. The Hall–Kier alpha value is -3.90. The summed E-state index contributed by atoms with van der Waals surface area (Å²) in [7, 11) is 0. The highest BCUT2D eigenvalue weighted by Crippen LogP contribution is 2.41. The monoisotopic (exact) mass is 463 g/mol. The van der Waals surface area contributed by atoms with E-state index in [2.05, 4.69) is 39.6 Å². The molecule has 1 amide bonds. The van der Waals surface area contributed by atoms with Crippen LogP contribution in [0.25, 0.3) is 22.2 Å². The van der Waals surface area contributed by atoms with Gasteiger partial charge in [0.05, 0.1) is 16.6 Å². The van der Waals surface area contributed by atoms with Gasteiger partial charge in [-0.3, -0.25) is 4.79 Å². The van der Waals surface area contributed by atoms with Gasteiger partial charge in [0, 0.05) is 41.6 Å². The van der Waals surface area contributed by atoms with E-state index in [-0.39, 0.29) is 5.91 Å². The number of piperidine rings is 1. The van der Waals surface area contributed by atoms with Crippen LogP contribution < -0.4 is 10.6 Å². The molecule has 176 valence electrons. The fourth-order valence-corrected chi connectivity index (χ4v) is 5.21. The number of aromatic nitrogens is 2. The number of carbonyl (C=O) groups is 1. The minimum atomic E-state index is -0.104. The topological polar surface area (TPSA) is 73.0 Å². The average molecular weight is 464 g/mol. The molecule has 0 aliphatic carbocycles. The molecule has 6 rings (SSSR count). The summed E-state index contributed by atoms with van der Waals surface area (Å²) in [4.78, 5) is 24.2. The third-order valence-corrected chi connectivity index (χ3v) is 7.11. The first-order valence-electron chi connectivity index (χ1n) is 12.4. The molecule has 3 N–H and O–H groups in total. The minimum absolute atomic E-state index is 0.104. The van der Waals surface area contributed by atoms with Crippen molar-refractivity contribution in [3.05, 3.63) is 89.7 Å². The van der Waals surface area contributed by atoms with E-state index in [1.54, 1.807) is 0 Å². The van der Waals surface area contributed by atoms with Crippen LogP contribution in [-0.4, -0.2) is 46.5 Å². The van der Waals surface area contributed by atoms with Gasteiger partial charge >= 0.3 is 0 Å². The predicted octanol–water partition coefficient (Wildman–Crippen LogP) is 5.37. The van der Waals surface area contributed by atoms with E-state index >= 15 is 0 Å². The van der Waals surface area contributed by atoms with Crippen LogP contribution >= 0.6 is 0 Å². The van der Waals surface area contributed by atoms with E-state index in [1.807, 2.05) is 60.7 Å². The number of para-hydroxylation sites is 2. The van der Waals surface area contributed by atoms with Gasteiger partial charge in [-0.25, -0.2) is 4.98 Å². The van der Waals surface area contributed by atoms with E-state index in [1.165, 1.54) is 0 Å². The smallest absolute Gasteiger partial charge is 0.257 e. The summed E-state index contributed by atoms with van der Waals surface area (Å²) < 4.78 is 0. The molecule has 4 aromatic rings. The maximum Gasteiger partial charge on any atom is 0.257 e. The van der Waals surface area contributed by atoms with Crippen molar-refractivity contribution in [2.75, 3.05) is 30.3 Å².